The van der Waals surface area contributed by atoms with Gasteiger partial charge in [-0.2, -0.15) is 0 Å². The van der Waals surface area contributed by atoms with E-state index in [1.54, 1.807) is 12.1 Å². The van der Waals surface area contributed by atoms with Gasteiger partial charge in [0.2, 0.25) is 14.7 Å². The van der Waals surface area contributed by atoms with Crippen molar-refractivity contribution in [2.24, 2.45) is 4.99 Å². The molecule has 1 atom stereocenters. The maximum Gasteiger partial charge on any atom is 0.264 e. The van der Waals surface area contributed by atoms with Crippen molar-refractivity contribution in [1.29, 1.82) is 0 Å². The van der Waals surface area contributed by atoms with E-state index in [0.717, 1.165) is 11.1 Å². The minimum absolute atomic E-state index is 0.0153. The Morgan fingerprint density at radius 2 is 1.79 bits per heavy atom. The van der Waals surface area contributed by atoms with Crippen LogP contribution < -0.4 is 10.1 Å². The van der Waals surface area contributed by atoms with Gasteiger partial charge in [0.25, 0.3) is 5.91 Å². The Bertz CT molecular complexity index is 1250. The highest BCUT2D eigenvalue weighted by atomic mass is 32.2. The summed E-state index contributed by atoms with van der Waals surface area (Å²) >= 11 is 0. The van der Waals surface area contributed by atoms with Crippen LogP contribution >= 0.6 is 0 Å². The van der Waals surface area contributed by atoms with Crippen LogP contribution in [0.25, 0.3) is 0 Å². The molecule has 1 heterocycles. The number of sulfone groups is 1. The fourth-order valence-corrected chi connectivity index (χ4v) is 5.89. The molecule has 1 N–H and O–H groups in total. The van der Waals surface area contributed by atoms with Gasteiger partial charge >= 0.3 is 0 Å². The lowest BCUT2D eigenvalue weighted by atomic mass is 9.87. The molecule has 0 radical (unpaired) electrons. The molecular weight excluding hydrogens is 448 g/mol. The Balaban J connectivity index is 1.60. The van der Waals surface area contributed by atoms with Gasteiger partial charge in [-0.1, -0.05) is 69.3 Å². The SMILES string of the molecule is CC(C)(C)c1ccc(S(=O)(=O)[C@]2(C(=O)NCCOc3ccccc3)CC3=CC=CCC3=N2)cc1. The molecular formula is C27H30N2O4S. The van der Waals surface area contributed by atoms with Crippen molar-refractivity contribution in [3.05, 3.63) is 84.0 Å². The zero-order valence-electron chi connectivity index (χ0n) is 19.7. The second-order valence-electron chi connectivity index (χ2n) is 9.54. The van der Waals surface area contributed by atoms with Crippen LogP contribution in [0.4, 0.5) is 0 Å². The van der Waals surface area contributed by atoms with Gasteiger partial charge in [-0.3, -0.25) is 9.79 Å². The summed E-state index contributed by atoms with van der Waals surface area (Å²) in [5.41, 5.74) is 2.33. The van der Waals surface area contributed by atoms with Crippen LogP contribution in [0.3, 0.4) is 0 Å². The van der Waals surface area contributed by atoms with Crippen molar-refractivity contribution in [3.8, 4) is 5.75 Å². The van der Waals surface area contributed by atoms with Crippen LogP contribution in [0.5, 0.6) is 5.75 Å². The molecule has 2 aromatic carbocycles. The van der Waals surface area contributed by atoms with Crippen LogP contribution in [0.2, 0.25) is 0 Å². The number of nitrogens with one attached hydrogen (secondary N) is 1. The third-order valence-electron chi connectivity index (χ3n) is 6.09. The number of amides is 1. The summed E-state index contributed by atoms with van der Waals surface area (Å²) in [4.78, 5) is 16.2. The number of carbonyl (C=O) groups excluding carboxylic acids is 1. The molecule has 0 unspecified atom stereocenters. The highest BCUT2D eigenvalue weighted by molar-refractivity contribution is 7.93. The molecule has 1 aliphatic heterocycles. The number of hydrogen-bond donors (Lipinski definition) is 1. The molecule has 4 rings (SSSR count). The summed E-state index contributed by atoms with van der Waals surface area (Å²) in [6.07, 6.45) is 6.15. The summed E-state index contributed by atoms with van der Waals surface area (Å²) in [7, 11) is -4.12. The molecule has 0 fully saturated rings. The molecule has 178 valence electrons. The van der Waals surface area contributed by atoms with Crippen molar-refractivity contribution in [1.82, 2.24) is 5.32 Å². The first-order valence-corrected chi connectivity index (χ1v) is 12.9. The second-order valence-corrected chi connectivity index (χ2v) is 11.7. The van der Waals surface area contributed by atoms with E-state index in [2.05, 4.69) is 31.1 Å². The zero-order chi connectivity index (χ0) is 24.4. The van der Waals surface area contributed by atoms with Gasteiger partial charge in [-0.05, 0) is 40.8 Å². The summed E-state index contributed by atoms with van der Waals surface area (Å²) in [6, 6.07) is 16.0. The maximum absolute atomic E-state index is 13.9. The number of benzene rings is 2. The summed E-state index contributed by atoms with van der Waals surface area (Å²) in [5, 5.41) is 2.76. The maximum atomic E-state index is 13.9. The number of allylic oxidation sites excluding steroid dienone is 3. The largest absolute Gasteiger partial charge is 0.492 e. The van der Waals surface area contributed by atoms with E-state index in [1.807, 2.05) is 60.7 Å². The molecule has 1 amide bonds. The number of rotatable bonds is 7. The molecule has 6 nitrogen and oxygen atoms in total. The average Bonchev–Trinajstić information content (AvgIpc) is 3.24. The normalized spacial score (nSPS) is 19.7. The first-order chi connectivity index (χ1) is 16.1. The predicted molar refractivity (Wildman–Crippen MR) is 134 cm³/mol. The van der Waals surface area contributed by atoms with E-state index in [-0.39, 0.29) is 29.9 Å². The smallest absolute Gasteiger partial charge is 0.264 e. The standard InChI is InChI=1S/C27H30N2O4S/c1-26(2,3)21-13-15-23(16-14-21)34(31,32)27(19-20-9-7-8-12-24(20)29-27)25(30)28-17-18-33-22-10-5-4-6-11-22/h4-11,13-16H,12,17-19H2,1-3H3,(H,28,30)/t27-/m0/s1. The summed E-state index contributed by atoms with van der Waals surface area (Å²) < 4.78 is 33.5. The summed E-state index contributed by atoms with van der Waals surface area (Å²) in [6.45, 7) is 6.57. The first-order valence-electron chi connectivity index (χ1n) is 11.4. The van der Waals surface area contributed by atoms with E-state index < -0.39 is 20.6 Å². The predicted octanol–water partition coefficient (Wildman–Crippen LogP) is 4.38. The number of ether oxygens (including phenoxy) is 1. The van der Waals surface area contributed by atoms with E-state index >= 15 is 0 Å². The second kappa shape index (κ2) is 9.22. The number of nitrogens with zero attached hydrogens (tertiary/aromatic N) is 1. The Labute approximate surface area is 201 Å². The first kappa shape index (κ1) is 24.0. The quantitative estimate of drug-likeness (QED) is 0.599. The third-order valence-corrected chi connectivity index (χ3v) is 8.29. The molecule has 0 aromatic heterocycles. The van der Waals surface area contributed by atoms with Crippen molar-refractivity contribution in [2.45, 2.75) is 48.8 Å². The molecule has 0 saturated heterocycles. The Hall–Kier alpha value is -3.19. The van der Waals surface area contributed by atoms with Crippen molar-refractivity contribution >= 4 is 21.5 Å². The number of para-hydroxylation sites is 1. The van der Waals surface area contributed by atoms with Gasteiger partial charge in [-0.15, -0.1) is 0 Å². The van der Waals surface area contributed by atoms with Gasteiger partial charge in [0.15, 0.2) is 0 Å². The molecule has 1 aliphatic carbocycles. The molecule has 2 aliphatic rings. The van der Waals surface area contributed by atoms with E-state index in [9.17, 15) is 13.2 Å². The van der Waals surface area contributed by atoms with Crippen LogP contribution in [0, 0.1) is 0 Å². The molecule has 0 bridgehead atoms. The zero-order valence-corrected chi connectivity index (χ0v) is 20.6. The molecule has 0 saturated carbocycles. The Morgan fingerprint density at radius 3 is 2.44 bits per heavy atom. The van der Waals surface area contributed by atoms with Crippen LogP contribution in [-0.2, 0) is 20.0 Å². The van der Waals surface area contributed by atoms with Gasteiger partial charge in [0.05, 0.1) is 11.4 Å². The van der Waals surface area contributed by atoms with Crippen LogP contribution in [-0.4, -0.2) is 38.1 Å². The van der Waals surface area contributed by atoms with Crippen molar-refractivity contribution in [3.63, 3.8) is 0 Å². The Kier molecular flexibility index (Phi) is 6.49. The molecule has 0 spiro atoms. The lowest BCUT2D eigenvalue weighted by Gasteiger charge is -2.26. The van der Waals surface area contributed by atoms with Crippen molar-refractivity contribution < 1.29 is 17.9 Å². The van der Waals surface area contributed by atoms with Crippen LogP contribution in [0.15, 0.2) is 88.3 Å². The average molecular weight is 479 g/mol. The lowest BCUT2D eigenvalue weighted by Crippen LogP contribution is -2.50. The van der Waals surface area contributed by atoms with Gasteiger partial charge < -0.3 is 10.1 Å². The fraction of sp³-hybridized carbons (Fsp3) is 0.333. The van der Waals surface area contributed by atoms with E-state index in [0.29, 0.717) is 17.9 Å². The van der Waals surface area contributed by atoms with Gasteiger partial charge in [0, 0.05) is 18.6 Å². The van der Waals surface area contributed by atoms with Gasteiger partial charge in [0.1, 0.15) is 12.4 Å². The molecule has 34 heavy (non-hydrogen) atoms. The highest BCUT2D eigenvalue weighted by Crippen LogP contribution is 2.41. The monoisotopic (exact) mass is 478 g/mol. The minimum atomic E-state index is -4.12. The van der Waals surface area contributed by atoms with Crippen LogP contribution in [0.1, 0.15) is 39.2 Å². The number of hydrogen-bond acceptors (Lipinski definition) is 5. The minimum Gasteiger partial charge on any atom is -0.492 e. The molecule has 2 aromatic rings. The molecule has 7 heteroatoms. The van der Waals surface area contributed by atoms with E-state index in [4.69, 9.17) is 4.74 Å². The summed E-state index contributed by atoms with van der Waals surface area (Å²) in [5.74, 6) is 0.0493. The van der Waals surface area contributed by atoms with Gasteiger partial charge in [-0.25, -0.2) is 8.42 Å². The third kappa shape index (κ3) is 4.57. The topological polar surface area (TPSA) is 84.8 Å². The fourth-order valence-electron chi connectivity index (χ4n) is 4.11. The van der Waals surface area contributed by atoms with Crippen molar-refractivity contribution in [2.75, 3.05) is 13.2 Å². The highest BCUT2D eigenvalue weighted by Gasteiger charge is 2.55. The Morgan fingerprint density at radius 1 is 1.09 bits per heavy atom. The number of carbonyl (C=O) groups is 1. The lowest BCUT2D eigenvalue weighted by molar-refractivity contribution is -0.123. The van der Waals surface area contributed by atoms with E-state index in [1.165, 1.54) is 0 Å². The number of fused-ring (bicyclic) bond motifs is 1. The number of aliphatic imine (C=N–C) groups is 1.